The van der Waals surface area contributed by atoms with Crippen molar-refractivity contribution in [3.63, 3.8) is 0 Å². The van der Waals surface area contributed by atoms with Crippen LogP contribution in [-0.4, -0.2) is 22.7 Å². The van der Waals surface area contributed by atoms with Crippen LogP contribution in [0, 0.1) is 10.1 Å². The quantitative estimate of drug-likeness (QED) is 0.518. The van der Waals surface area contributed by atoms with Crippen LogP contribution in [0.3, 0.4) is 0 Å². The molecule has 0 fully saturated rings. The van der Waals surface area contributed by atoms with Crippen molar-refractivity contribution in [1.82, 2.24) is 5.32 Å². The number of hydrogen-bond acceptors (Lipinski definition) is 5. The fourth-order valence-corrected chi connectivity index (χ4v) is 3.08. The molecule has 0 aliphatic rings. The zero-order valence-electron chi connectivity index (χ0n) is 14.6. The number of nitrogens with zero attached hydrogens (tertiary/aromatic N) is 1. The SMILES string of the molecule is CCOC(=O)NC(c1ccccc1[N+](=O)[O-])c1c(O)ccc2ccccc12. The summed E-state index contributed by atoms with van der Waals surface area (Å²) in [7, 11) is 0. The highest BCUT2D eigenvalue weighted by Crippen LogP contribution is 2.38. The molecule has 2 N–H and O–H groups in total. The van der Waals surface area contributed by atoms with Crippen molar-refractivity contribution in [3.8, 4) is 5.75 Å². The molecule has 1 atom stereocenters. The lowest BCUT2D eigenvalue weighted by atomic mass is 9.92. The fraction of sp³-hybridized carbons (Fsp3) is 0.150. The summed E-state index contributed by atoms with van der Waals surface area (Å²) in [5, 5.41) is 26.2. The molecule has 3 aromatic rings. The average molecular weight is 366 g/mol. The Morgan fingerprint density at radius 2 is 1.85 bits per heavy atom. The molecule has 3 aromatic carbocycles. The standard InChI is InChI=1S/C20H18N2O5/c1-2-27-20(24)21-19(15-9-5-6-10-16(15)22(25)26)18-14-8-4-3-7-13(14)11-12-17(18)23/h3-12,19,23H,2H2,1H3,(H,21,24). The molecule has 0 saturated heterocycles. The van der Waals surface area contributed by atoms with E-state index < -0.39 is 17.1 Å². The topological polar surface area (TPSA) is 102 Å². The zero-order valence-corrected chi connectivity index (χ0v) is 14.6. The van der Waals surface area contributed by atoms with Gasteiger partial charge in [0.2, 0.25) is 0 Å². The van der Waals surface area contributed by atoms with Gasteiger partial charge in [0, 0.05) is 11.6 Å². The first kappa shape index (κ1) is 18.2. The predicted molar refractivity (Wildman–Crippen MR) is 101 cm³/mol. The van der Waals surface area contributed by atoms with Crippen LogP contribution in [0.4, 0.5) is 10.5 Å². The van der Waals surface area contributed by atoms with Crippen LogP contribution in [0.25, 0.3) is 10.8 Å². The second-order valence-corrected chi connectivity index (χ2v) is 5.83. The lowest BCUT2D eigenvalue weighted by Crippen LogP contribution is -2.30. The van der Waals surface area contributed by atoms with Gasteiger partial charge in [0.05, 0.1) is 23.1 Å². The van der Waals surface area contributed by atoms with E-state index in [0.717, 1.165) is 5.39 Å². The van der Waals surface area contributed by atoms with Gasteiger partial charge in [-0.2, -0.15) is 0 Å². The summed E-state index contributed by atoms with van der Waals surface area (Å²) in [6.45, 7) is 1.81. The number of nitro groups is 1. The summed E-state index contributed by atoms with van der Waals surface area (Å²) in [6, 6.07) is 15.7. The molecule has 0 saturated carbocycles. The molecule has 0 bridgehead atoms. The zero-order chi connectivity index (χ0) is 19.4. The molecule has 0 spiro atoms. The number of benzene rings is 3. The Bertz CT molecular complexity index is 1000. The minimum atomic E-state index is -0.961. The number of ether oxygens (including phenoxy) is 1. The third-order valence-electron chi connectivity index (χ3n) is 4.22. The van der Waals surface area contributed by atoms with E-state index in [1.54, 1.807) is 43.3 Å². The van der Waals surface area contributed by atoms with Gasteiger partial charge < -0.3 is 15.2 Å². The minimum Gasteiger partial charge on any atom is -0.508 e. The van der Waals surface area contributed by atoms with Crippen molar-refractivity contribution in [2.24, 2.45) is 0 Å². The van der Waals surface area contributed by atoms with Crippen LogP contribution in [-0.2, 0) is 4.74 Å². The normalized spacial score (nSPS) is 11.7. The highest BCUT2D eigenvalue weighted by atomic mass is 16.6. The van der Waals surface area contributed by atoms with E-state index in [2.05, 4.69) is 5.32 Å². The Morgan fingerprint density at radius 1 is 1.15 bits per heavy atom. The number of amides is 1. The number of para-hydroxylation sites is 1. The molecule has 0 aliphatic heterocycles. The van der Waals surface area contributed by atoms with Crippen LogP contribution in [0.5, 0.6) is 5.75 Å². The number of rotatable bonds is 5. The van der Waals surface area contributed by atoms with E-state index in [9.17, 15) is 20.0 Å². The number of nitrogens with one attached hydrogen (secondary N) is 1. The number of nitro benzene ring substituents is 1. The Balaban J connectivity index is 2.25. The third kappa shape index (κ3) is 3.67. The maximum Gasteiger partial charge on any atom is 0.407 e. The molecule has 3 rings (SSSR count). The molecule has 27 heavy (non-hydrogen) atoms. The first-order valence-electron chi connectivity index (χ1n) is 8.40. The summed E-state index contributed by atoms with van der Waals surface area (Å²) in [6.07, 6.45) is -0.729. The second kappa shape index (κ2) is 7.74. The Labute approximate surface area is 155 Å². The van der Waals surface area contributed by atoms with Gasteiger partial charge in [-0.25, -0.2) is 4.79 Å². The summed E-state index contributed by atoms with van der Waals surface area (Å²) in [5.41, 5.74) is 0.462. The van der Waals surface area contributed by atoms with E-state index in [1.807, 2.05) is 12.1 Å². The molecule has 138 valence electrons. The van der Waals surface area contributed by atoms with Gasteiger partial charge in [-0.05, 0) is 29.8 Å². The average Bonchev–Trinajstić information content (AvgIpc) is 2.67. The van der Waals surface area contributed by atoms with Gasteiger partial charge in [-0.1, -0.05) is 42.5 Å². The molecule has 1 unspecified atom stereocenters. The molecule has 1 amide bonds. The van der Waals surface area contributed by atoms with Gasteiger partial charge in [-0.15, -0.1) is 0 Å². The molecule has 0 heterocycles. The van der Waals surface area contributed by atoms with E-state index in [0.29, 0.717) is 10.9 Å². The van der Waals surface area contributed by atoms with E-state index in [-0.39, 0.29) is 23.6 Å². The second-order valence-electron chi connectivity index (χ2n) is 5.83. The van der Waals surface area contributed by atoms with E-state index in [4.69, 9.17) is 4.74 Å². The summed E-state index contributed by atoms with van der Waals surface area (Å²) in [4.78, 5) is 23.1. The Hall–Kier alpha value is -3.61. The van der Waals surface area contributed by atoms with Gasteiger partial charge in [0.25, 0.3) is 5.69 Å². The van der Waals surface area contributed by atoms with Crippen molar-refractivity contribution in [1.29, 1.82) is 0 Å². The lowest BCUT2D eigenvalue weighted by molar-refractivity contribution is -0.385. The Kier molecular flexibility index (Phi) is 5.21. The molecule has 0 aliphatic carbocycles. The molecule has 7 heteroatoms. The lowest BCUT2D eigenvalue weighted by Gasteiger charge is -2.22. The number of aromatic hydroxyl groups is 1. The number of carbonyl (C=O) groups excluding carboxylic acids is 1. The summed E-state index contributed by atoms with van der Waals surface area (Å²) < 4.78 is 4.97. The van der Waals surface area contributed by atoms with Gasteiger partial charge in [0.15, 0.2) is 0 Å². The van der Waals surface area contributed by atoms with Gasteiger partial charge in [-0.3, -0.25) is 10.1 Å². The predicted octanol–water partition coefficient (Wildman–Crippen LogP) is 4.29. The highest BCUT2D eigenvalue weighted by molar-refractivity contribution is 5.89. The monoisotopic (exact) mass is 366 g/mol. The number of phenolic OH excluding ortho intramolecular Hbond substituents is 1. The minimum absolute atomic E-state index is 0.0753. The molecule has 0 aromatic heterocycles. The van der Waals surface area contributed by atoms with Crippen molar-refractivity contribution in [2.45, 2.75) is 13.0 Å². The third-order valence-corrected chi connectivity index (χ3v) is 4.22. The smallest absolute Gasteiger partial charge is 0.407 e. The molecule has 0 radical (unpaired) electrons. The number of hydrogen-bond donors (Lipinski definition) is 2. The van der Waals surface area contributed by atoms with E-state index in [1.165, 1.54) is 12.1 Å². The van der Waals surface area contributed by atoms with Crippen LogP contribution in [0.2, 0.25) is 0 Å². The van der Waals surface area contributed by atoms with E-state index >= 15 is 0 Å². The fourth-order valence-electron chi connectivity index (χ4n) is 3.08. The number of alkyl carbamates (subject to hydrolysis) is 1. The highest BCUT2D eigenvalue weighted by Gasteiger charge is 2.28. The number of phenols is 1. The van der Waals surface area contributed by atoms with Crippen molar-refractivity contribution in [2.75, 3.05) is 6.61 Å². The van der Waals surface area contributed by atoms with Crippen molar-refractivity contribution < 1.29 is 19.6 Å². The van der Waals surface area contributed by atoms with Crippen molar-refractivity contribution >= 4 is 22.6 Å². The summed E-state index contributed by atoms with van der Waals surface area (Å²) in [5.74, 6) is -0.0753. The Morgan fingerprint density at radius 3 is 2.59 bits per heavy atom. The summed E-state index contributed by atoms with van der Waals surface area (Å²) >= 11 is 0. The van der Waals surface area contributed by atoms with Crippen molar-refractivity contribution in [3.05, 3.63) is 81.9 Å². The van der Waals surface area contributed by atoms with Gasteiger partial charge in [0.1, 0.15) is 5.75 Å². The van der Waals surface area contributed by atoms with Gasteiger partial charge >= 0.3 is 6.09 Å². The van der Waals surface area contributed by atoms with Crippen LogP contribution in [0.1, 0.15) is 24.1 Å². The van der Waals surface area contributed by atoms with Crippen LogP contribution in [0.15, 0.2) is 60.7 Å². The van der Waals surface area contributed by atoms with Crippen LogP contribution < -0.4 is 5.32 Å². The number of carbonyl (C=O) groups is 1. The molecular formula is C20H18N2O5. The maximum absolute atomic E-state index is 12.1. The molecule has 7 nitrogen and oxygen atoms in total. The first-order valence-corrected chi connectivity index (χ1v) is 8.40. The largest absolute Gasteiger partial charge is 0.508 e. The molecular weight excluding hydrogens is 348 g/mol. The maximum atomic E-state index is 12.1. The number of fused-ring (bicyclic) bond motifs is 1. The van der Waals surface area contributed by atoms with Crippen LogP contribution >= 0.6 is 0 Å². The first-order chi connectivity index (χ1) is 13.0.